The summed E-state index contributed by atoms with van der Waals surface area (Å²) in [7, 11) is 0. The minimum atomic E-state index is -0.462. The SMILES string of the molecule is CCc1ncn(Cc2cc(F)ccc2F)c1N. The Hall–Kier alpha value is -1.91. The number of aromatic nitrogens is 2. The molecule has 0 saturated carbocycles. The predicted molar refractivity (Wildman–Crippen MR) is 61.5 cm³/mol. The Morgan fingerprint density at radius 2 is 2.12 bits per heavy atom. The van der Waals surface area contributed by atoms with Crippen LogP contribution in [0.1, 0.15) is 18.2 Å². The quantitative estimate of drug-likeness (QED) is 0.890. The van der Waals surface area contributed by atoms with Crippen molar-refractivity contribution in [3.05, 3.63) is 47.4 Å². The van der Waals surface area contributed by atoms with Crippen LogP contribution < -0.4 is 5.73 Å². The zero-order valence-electron chi connectivity index (χ0n) is 9.45. The zero-order chi connectivity index (χ0) is 12.4. The average Bonchev–Trinajstić information content (AvgIpc) is 2.65. The van der Waals surface area contributed by atoms with Crippen molar-refractivity contribution in [2.45, 2.75) is 19.9 Å². The van der Waals surface area contributed by atoms with Crippen molar-refractivity contribution in [1.29, 1.82) is 0 Å². The Labute approximate surface area is 97.9 Å². The van der Waals surface area contributed by atoms with E-state index in [-0.39, 0.29) is 12.1 Å². The smallest absolute Gasteiger partial charge is 0.128 e. The highest BCUT2D eigenvalue weighted by Gasteiger charge is 2.09. The lowest BCUT2D eigenvalue weighted by Crippen LogP contribution is -2.06. The Bertz CT molecular complexity index is 535. The molecule has 2 aromatic rings. The fourth-order valence-electron chi connectivity index (χ4n) is 1.68. The number of halogens is 2. The van der Waals surface area contributed by atoms with E-state index in [0.29, 0.717) is 12.2 Å². The Balaban J connectivity index is 2.31. The van der Waals surface area contributed by atoms with E-state index in [1.54, 1.807) is 10.9 Å². The van der Waals surface area contributed by atoms with Crippen molar-refractivity contribution in [1.82, 2.24) is 9.55 Å². The van der Waals surface area contributed by atoms with Crippen molar-refractivity contribution < 1.29 is 8.78 Å². The van der Waals surface area contributed by atoms with Crippen LogP contribution in [0.3, 0.4) is 0 Å². The first-order valence-electron chi connectivity index (χ1n) is 5.35. The standard InChI is InChI=1S/C12H13F2N3/c1-2-11-12(15)17(7-16-11)6-8-5-9(13)3-4-10(8)14/h3-5,7H,2,6,15H2,1H3. The molecule has 0 fully saturated rings. The zero-order valence-corrected chi connectivity index (χ0v) is 9.45. The highest BCUT2D eigenvalue weighted by atomic mass is 19.1. The Kier molecular flexibility index (Phi) is 3.08. The molecule has 1 heterocycles. The summed E-state index contributed by atoms with van der Waals surface area (Å²) >= 11 is 0. The fourth-order valence-corrected chi connectivity index (χ4v) is 1.68. The topological polar surface area (TPSA) is 43.8 Å². The maximum Gasteiger partial charge on any atom is 0.128 e. The molecule has 1 aromatic carbocycles. The van der Waals surface area contributed by atoms with E-state index in [9.17, 15) is 8.78 Å². The van der Waals surface area contributed by atoms with Crippen LogP contribution in [0.4, 0.5) is 14.6 Å². The van der Waals surface area contributed by atoms with Gasteiger partial charge in [-0.3, -0.25) is 0 Å². The first kappa shape index (κ1) is 11.6. The number of nitrogens with two attached hydrogens (primary N) is 1. The molecule has 0 saturated heterocycles. The van der Waals surface area contributed by atoms with Gasteiger partial charge in [-0.2, -0.15) is 0 Å². The summed E-state index contributed by atoms with van der Waals surface area (Å²) in [6.07, 6.45) is 2.25. The van der Waals surface area contributed by atoms with Gasteiger partial charge in [0.25, 0.3) is 0 Å². The van der Waals surface area contributed by atoms with E-state index in [2.05, 4.69) is 4.98 Å². The van der Waals surface area contributed by atoms with Crippen LogP contribution in [0.15, 0.2) is 24.5 Å². The van der Waals surface area contributed by atoms with Gasteiger partial charge in [0.1, 0.15) is 17.5 Å². The molecule has 1 aromatic heterocycles. The van der Waals surface area contributed by atoms with Crippen LogP contribution in [0.25, 0.3) is 0 Å². The van der Waals surface area contributed by atoms with Crippen molar-refractivity contribution in [3.8, 4) is 0 Å². The van der Waals surface area contributed by atoms with E-state index < -0.39 is 11.6 Å². The van der Waals surface area contributed by atoms with Gasteiger partial charge >= 0.3 is 0 Å². The molecule has 0 atom stereocenters. The first-order chi connectivity index (χ1) is 8.11. The van der Waals surface area contributed by atoms with Crippen LogP contribution in [0, 0.1) is 11.6 Å². The summed E-state index contributed by atoms with van der Waals surface area (Å²) in [4.78, 5) is 4.10. The summed E-state index contributed by atoms with van der Waals surface area (Å²) in [5, 5.41) is 0. The number of nitrogen functional groups attached to an aromatic ring is 1. The van der Waals surface area contributed by atoms with E-state index in [4.69, 9.17) is 5.73 Å². The van der Waals surface area contributed by atoms with Crippen molar-refractivity contribution in [2.75, 3.05) is 5.73 Å². The van der Waals surface area contributed by atoms with Crippen LogP contribution in [-0.4, -0.2) is 9.55 Å². The highest BCUT2D eigenvalue weighted by molar-refractivity contribution is 5.37. The molecule has 2 N–H and O–H groups in total. The molecule has 0 unspecified atom stereocenters. The maximum absolute atomic E-state index is 13.4. The summed E-state index contributed by atoms with van der Waals surface area (Å²) in [6, 6.07) is 3.37. The minimum Gasteiger partial charge on any atom is -0.384 e. The molecule has 5 heteroatoms. The molecule has 17 heavy (non-hydrogen) atoms. The van der Waals surface area contributed by atoms with Gasteiger partial charge < -0.3 is 10.3 Å². The largest absolute Gasteiger partial charge is 0.384 e. The first-order valence-corrected chi connectivity index (χ1v) is 5.35. The Morgan fingerprint density at radius 3 is 2.76 bits per heavy atom. The van der Waals surface area contributed by atoms with Gasteiger partial charge in [-0.1, -0.05) is 6.92 Å². The molecule has 0 aliphatic carbocycles. The number of rotatable bonds is 3. The van der Waals surface area contributed by atoms with Gasteiger partial charge in [-0.05, 0) is 24.6 Å². The monoisotopic (exact) mass is 237 g/mol. The molecule has 0 amide bonds. The van der Waals surface area contributed by atoms with Gasteiger partial charge in [0.05, 0.1) is 18.6 Å². The van der Waals surface area contributed by atoms with Crippen molar-refractivity contribution in [3.63, 3.8) is 0 Å². The molecule has 0 bridgehead atoms. The maximum atomic E-state index is 13.4. The van der Waals surface area contributed by atoms with Crippen LogP contribution in [0.5, 0.6) is 0 Å². The Morgan fingerprint density at radius 1 is 1.35 bits per heavy atom. The van der Waals surface area contributed by atoms with Crippen molar-refractivity contribution in [2.24, 2.45) is 0 Å². The van der Waals surface area contributed by atoms with Gasteiger partial charge in [-0.15, -0.1) is 0 Å². The fraction of sp³-hybridized carbons (Fsp3) is 0.250. The number of imidazole rings is 1. The predicted octanol–water partition coefficient (Wildman–Crippen LogP) is 2.35. The molecular formula is C12H13F2N3. The van der Waals surface area contributed by atoms with E-state index in [1.165, 1.54) is 6.07 Å². The third-order valence-corrected chi connectivity index (χ3v) is 2.64. The van der Waals surface area contributed by atoms with Gasteiger partial charge in [-0.25, -0.2) is 13.8 Å². The third-order valence-electron chi connectivity index (χ3n) is 2.64. The molecular weight excluding hydrogens is 224 g/mol. The van der Waals surface area contributed by atoms with E-state index >= 15 is 0 Å². The van der Waals surface area contributed by atoms with Crippen LogP contribution in [-0.2, 0) is 13.0 Å². The lowest BCUT2D eigenvalue weighted by molar-refractivity contribution is 0.577. The molecule has 0 aliphatic rings. The number of hydrogen-bond donors (Lipinski definition) is 1. The summed E-state index contributed by atoms with van der Waals surface area (Å²) in [5.74, 6) is -0.412. The van der Waals surface area contributed by atoms with E-state index in [1.807, 2.05) is 6.92 Å². The number of anilines is 1. The number of hydrogen-bond acceptors (Lipinski definition) is 2. The van der Waals surface area contributed by atoms with Gasteiger partial charge in [0, 0.05) is 5.56 Å². The molecule has 3 nitrogen and oxygen atoms in total. The molecule has 0 spiro atoms. The van der Waals surface area contributed by atoms with Crippen molar-refractivity contribution >= 4 is 5.82 Å². The lowest BCUT2D eigenvalue weighted by Gasteiger charge is -2.07. The third kappa shape index (κ3) is 2.27. The molecule has 0 radical (unpaired) electrons. The average molecular weight is 237 g/mol. The van der Waals surface area contributed by atoms with Gasteiger partial charge in [0.15, 0.2) is 0 Å². The summed E-state index contributed by atoms with van der Waals surface area (Å²) in [5.41, 5.74) is 6.86. The lowest BCUT2D eigenvalue weighted by atomic mass is 10.2. The molecule has 2 rings (SSSR count). The van der Waals surface area contributed by atoms with Gasteiger partial charge in [0.2, 0.25) is 0 Å². The summed E-state index contributed by atoms with van der Waals surface area (Å²) in [6.45, 7) is 2.12. The minimum absolute atomic E-state index is 0.183. The van der Waals surface area contributed by atoms with E-state index in [0.717, 1.165) is 17.8 Å². The second-order valence-electron chi connectivity index (χ2n) is 3.79. The second-order valence-corrected chi connectivity index (χ2v) is 3.79. The number of aryl methyl sites for hydroxylation is 1. The molecule has 90 valence electrons. The second kappa shape index (κ2) is 4.53. The number of benzene rings is 1. The normalized spacial score (nSPS) is 10.8. The molecule has 0 aliphatic heterocycles. The van der Waals surface area contributed by atoms with Crippen LogP contribution >= 0.6 is 0 Å². The van der Waals surface area contributed by atoms with Crippen LogP contribution in [0.2, 0.25) is 0 Å². The highest BCUT2D eigenvalue weighted by Crippen LogP contribution is 2.16. The number of nitrogens with zero attached hydrogens (tertiary/aromatic N) is 2. The summed E-state index contributed by atoms with van der Waals surface area (Å²) < 4.78 is 28.0.